The summed E-state index contributed by atoms with van der Waals surface area (Å²) in [6, 6.07) is 8.12. The molecule has 1 amide bonds. The van der Waals surface area contributed by atoms with Crippen molar-refractivity contribution in [3.63, 3.8) is 0 Å². The maximum Gasteiger partial charge on any atom is 0.227 e. The Balaban J connectivity index is 1.29. The van der Waals surface area contributed by atoms with Gasteiger partial charge in [0.2, 0.25) is 11.9 Å². The van der Waals surface area contributed by atoms with Gasteiger partial charge in [0.1, 0.15) is 5.75 Å². The smallest absolute Gasteiger partial charge is 0.227 e. The lowest BCUT2D eigenvalue weighted by molar-refractivity contribution is -0.116. The molecule has 1 saturated heterocycles. The van der Waals surface area contributed by atoms with Crippen molar-refractivity contribution in [2.45, 2.75) is 63.4 Å². The van der Waals surface area contributed by atoms with Crippen LogP contribution in [0.25, 0.3) is 0 Å². The number of aromatic nitrogens is 3. The van der Waals surface area contributed by atoms with Crippen molar-refractivity contribution >= 4 is 11.9 Å². The normalized spacial score (nSPS) is 18.1. The highest BCUT2D eigenvalue weighted by Crippen LogP contribution is 2.25. The summed E-state index contributed by atoms with van der Waals surface area (Å²) in [7, 11) is 1.83. The summed E-state index contributed by atoms with van der Waals surface area (Å²) in [5.74, 6) is 2.60. The third-order valence-electron chi connectivity index (χ3n) is 5.88. The molecule has 1 aliphatic heterocycles. The first-order valence-electron chi connectivity index (χ1n) is 10.8. The third kappa shape index (κ3) is 5.35. The molecule has 156 valence electrons. The molecule has 29 heavy (non-hydrogen) atoms. The second-order valence-electron chi connectivity index (χ2n) is 8.16. The molecular formula is C22H31N5O2. The van der Waals surface area contributed by atoms with Crippen LogP contribution in [0.15, 0.2) is 24.3 Å². The molecule has 1 aromatic carbocycles. The second-order valence-corrected chi connectivity index (χ2v) is 8.16. The van der Waals surface area contributed by atoms with Crippen molar-refractivity contribution in [2.75, 3.05) is 18.4 Å². The Bertz CT molecular complexity index is 822. The van der Waals surface area contributed by atoms with Gasteiger partial charge in [-0.25, -0.2) is 4.68 Å². The Morgan fingerprint density at radius 2 is 2.03 bits per heavy atom. The monoisotopic (exact) mass is 397 g/mol. The van der Waals surface area contributed by atoms with E-state index >= 15 is 0 Å². The van der Waals surface area contributed by atoms with Crippen LogP contribution in [0.3, 0.4) is 0 Å². The van der Waals surface area contributed by atoms with Crippen LogP contribution in [0.5, 0.6) is 5.75 Å². The van der Waals surface area contributed by atoms with E-state index in [4.69, 9.17) is 4.74 Å². The van der Waals surface area contributed by atoms with Gasteiger partial charge in [0.15, 0.2) is 5.82 Å². The molecule has 0 atom stereocenters. The fourth-order valence-electron chi connectivity index (χ4n) is 4.18. The van der Waals surface area contributed by atoms with Crippen LogP contribution in [-0.2, 0) is 18.3 Å². The van der Waals surface area contributed by atoms with E-state index in [-0.39, 0.29) is 5.91 Å². The second kappa shape index (κ2) is 9.39. The van der Waals surface area contributed by atoms with E-state index in [2.05, 4.69) is 26.8 Å². The van der Waals surface area contributed by atoms with Crippen LogP contribution in [0.4, 0.5) is 5.95 Å². The van der Waals surface area contributed by atoms with Crippen LogP contribution < -0.4 is 15.4 Å². The minimum Gasteiger partial charge on any atom is -0.490 e. The van der Waals surface area contributed by atoms with Crippen molar-refractivity contribution in [3.05, 3.63) is 35.7 Å². The molecule has 2 heterocycles. The highest BCUT2D eigenvalue weighted by molar-refractivity contribution is 5.89. The molecule has 1 aliphatic carbocycles. The molecule has 4 rings (SSSR count). The maximum absolute atomic E-state index is 12.5. The van der Waals surface area contributed by atoms with Crippen molar-refractivity contribution in [1.29, 1.82) is 0 Å². The lowest BCUT2D eigenvalue weighted by Gasteiger charge is -2.19. The van der Waals surface area contributed by atoms with Crippen molar-refractivity contribution in [3.8, 4) is 5.75 Å². The first kappa shape index (κ1) is 19.9. The van der Waals surface area contributed by atoms with Crippen molar-refractivity contribution in [1.82, 2.24) is 20.1 Å². The Labute approximate surface area is 172 Å². The molecule has 1 aromatic heterocycles. The highest BCUT2D eigenvalue weighted by atomic mass is 16.5. The molecule has 0 unspecified atom stereocenters. The fraction of sp³-hybridized carbons (Fsp3) is 0.591. The molecular weight excluding hydrogens is 366 g/mol. The van der Waals surface area contributed by atoms with Crippen LogP contribution in [0, 0.1) is 0 Å². The molecule has 7 nitrogen and oxygen atoms in total. The summed E-state index contributed by atoms with van der Waals surface area (Å²) in [6.45, 7) is 1.99. The number of nitrogens with zero attached hydrogens (tertiary/aromatic N) is 3. The summed E-state index contributed by atoms with van der Waals surface area (Å²) >= 11 is 0. The number of rotatable bonds is 7. The van der Waals surface area contributed by atoms with E-state index in [1.807, 2.05) is 25.2 Å². The van der Waals surface area contributed by atoms with Gasteiger partial charge in [-0.15, -0.1) is 0 Å². The number of anilines is 1. The Kier molecular flexibility index (Phi) is 6.44. The van der Waals surface area contributed by atoms with Gasteiger partial charge >= 0.3 is 0 Å². The van der Waals surface area contributed by atoms with Crippen LogP contribution in [0.1, 0.15) is 62.3 Å². The summed E-state index contributed by atoms with van der Waals surface area (Å²) in [5, 5.41) is 10.8. The van der Waals surface area contributed by atoms with Gasteiger partial charge in [-0.2, -0.15) is 10.1 Å². The lowest BCUT2D eigenvalue weighted by Crippen LogP contribution is -2.27. The number of carbonyl (C=O) groups is 1. The van der Waals surface area contributed by atoms with E-state index in [1.165, 1.54) is 12.8 Å². The van der Waals surface area contributed by atoms with E-state index in [1.54, 1.807) is 4.68 Å². The highest BCUT2D eigenvalue weighted by Gasteiger charge is 2.21. The zero-order valence-electron chi connectivity index (χ0n) is 17.2. The molecule has 7 heteroatoms. The molecule has 2 aliphatic rings. The molecule has 0 spiro atoms. The predicted octanol–water partition coefficient (Wildman–Crippen LogP) is 3.17. The van der Waals surface area contributed by atoms with Gasteiger partial charge < -0.3 is 10.1 Å². The minimum atomic E-state index is -0.0422. The lowest BCUT2D eigenvalue weighted by atomic mass is 9.98. The average Bonchev–Trinajstić information content (AvgIpc) is 3.37. The SMILES string of the molecule is Cn1nc(C2CCNCC2)nc1NC(=O)CCc1cccc(OC2CCCC2)c1. The standard InChI is InChI=1S/C22H31N5O2/c1-27-22(25-21(26-27)17-11-13-23-14-12-17)24-20(28)10-9-16-5-4-8-19(15-16)29-18-6-2-3-7-18/h4-5,8,15,17-18,23H,2-3,6-7,9-14H2,1H3,(H,24,25,26,28). The van der Waals surface area contributed by atoms with Gasteiger partial charge in [0.05, 0.1) is 6.10 Å². The summed E-state index contributed by atoms with van der Waals surface area (Å²) in [5.41, 5.74) is 1.11. The molecule has 0 bridgehead atoms. The van der Waals surface area contributed by atoms with Crippen molar-refractivity contribution in [2.24, 2.45) is 7.05 Å². The quantitative estimate of drug-likeness (QED) is 0.750. The first-order valence-corrected chi connectivity index (χ1v) is 10.8. The number of nitrogens with one attached hydrogen (secondary N) is 2. The average molecular weight is 398 g/mol. The minimum absolute atomic E-state index is 0.0422. The Morgan fingerprint density at radius 3 is 2.83 bits per heavy atom. The third-order valence-corrected chi connectivity index (χ3v) is 5.88. The molecule has 1 saturated carbocycles. The number of ether oxygens (including phenoxy) is 1. The number of piperidine rings is 1. The Morgan fingerprint density at radius 1 is 1.24 bits per heavy atom. The van der Waals surface area contributed by atoms with Gasteiger partial charge in [0.25, 0.3) is 0 Å². The summed E-state index contributed by atoms with van der Waals surface area (Å²) in [6.07, 6.45) is 8.30. The van der Waals surface area contributed by atoms with E-state index in [9.17, 15) is 4.79 Å². The van der Waals surface area contributed by atoms with E-state index < -0.39 is 0 Å². The van der Waals surface area contributed by atoms with E-state index in [0.717, 1.165) is 55.9 Å². The molecule has 2 N–H and O–H groups in total. The van der Waals surface area contributed by atoms with E-state index in [0.29, 0.717) is 30.8 Å². The number of amides is 1. The predicted molar refractivity (Wildman–Crippen MR) is 112 cm³/mol. The number of aryl methyl sites for hydroxylation is 2. The van der Waals surface area contributed by atoms with Crippen molar-refractivity contribution < 1.29 is 9.53 Å². The number of hydrogen-bond acceptors (Lipinski definition) is 5. The first-order chi connectivity index (χ1) is 14.2. The van der Waals surface area contributed by atoms with Gasteiger partial charge in [-0.05, 0) is 75.7 Å². The maximum atomic E-state index is 12.5. The largest absolute Gasteiger partial charge is 0.490 e. The molecule has 0 radical (unpaired) electrons. The number of carbonyl (C=O) groups excluding carboxylic acids is 1. The van der Waals surface area contributed by atoms with Crippen LogP contribution in [0.2, 0.25) is 0 Å². The van der Waals surface area contributed by atoms with Crippen LogP contribution >= 0.6 is 0 Å². The zero-order valence-corrected chi connectivity index (χ0v) is 17.2. The van der Waals surface area contributed by atoms with Gasteiger partial charge in [-0.1, -0.05) is 12.1 Å². The van der Waals surface area contributed by atoms with Gasteiger partial charge in [-0.3, -0.25) is 10.1 Å². The summed E-state index contributed by atoms with van der Waals surface area (Å²) in [4.78, 5) is 17.0. The van der Waals surface area contributed by atoms with Crippen LogP contribution in [-0.4, -0.2) is 39.9 Å². The number of hydrogen-bond donors (Lipinski definition) is 2. The topological polar surface area (TPSA) is 81.1 Å². The molecule has 2 aromatic rings. The zero-order chi connectivity index (χ0) is 20.1. The fourth-order valence-corrected chi connectivity index (χ4v) is 4.18. The van der Waals surface area contributed by atoms with Gasteiger partial charge in [0, 0.05) is 19.4 Å². The molecule has 2 fully saturated rings. The summed E-state index contributed by atoms with van der Waals surface area (Å²) < 4.78 is 7.74. The number of benzene rings is 1. The Hall–Kier alpha value is -2.41.